The molecule has 0 spiro atoms. The number of hydrogen-bond donors (Lipinski definition) is 3. The average molecular weight is 311 g/mol. The number of hydrogen-bond acceptors (Lipinski definition) is 3. The first-order chi connectivity index (χ1) is 10.0. The predicted octanol–water partition coefficient (Wildman–Crippen LogP) is 1.86. The Balaban J connectivity index is 1.94. The van der Waals surface area contributed by atoms with Gasteiger partial charge in [-0.05, 0) is 49.8 Å². The number of carbonyl (C=O) groups is 2. The van der Waals surface area contributed by atoms with Gasteiger partial charge in [-0.2, -0.15) is 0 Å². The topological polar surface area (TPSA) is 78.4 Å². The van der Waals surface area contributed by atoms with Crippen LogP contribution in [0.4, 0.5) is 5.69 Å². The molecule has 2 amide bonds. The van der Waals surface area contributed by atoms with E-state index >= 15 is 0 Å². The van der Waals surface area contributed by atoms with Crippen LogP contribution < -0.4 is 10.6 Å². The first kappa shape index (κ1) is 15.8. The summed E-state index contributed by atoms with van der Waals surface area (Å²) in [6.07, 6.45) is 2.52. The van der Waals surface area contributed by atoms with Gasteiger partial charge in [0.15, 0.2) is 0 Å². The maximum atomic E-state index is 11.9. The number of amides is 2. The third-order valence-corrected chi connectivity index (χ3v) is 3.84. The van der Waals surface area contributed by atoms with Gasteiger partial charge in [0.1, 0.15) is 0 Å². The van der Waals surface area contributed by atoms with Gasteiger partial charge in [-0.15, -0.1) is 0 Å². The van der Waals surface area contributed by atoms with Crippen LogP contribution in [0.15, 0.2) is 18.2 Å². The molecule has 0 radical (unpaired) electrons. The standard InChI is InChI=1S/C15H19ClN2O3/c1-9-2-5-13(11(16)8-9)18-15(21)14(20)17-12(6-7-19)10-3-4-10/h2,5,8,10,12,19H,3-4,6-7H2,1H3,(H,17,20)(H,18,21). The van der Waals surface area contributed by atoms with Crippen LogP contribution in [0.3, 0.4) is 0 Å². The number of aryl methyl sites for hydroxylation is 1. The molecular weight excluding hydrogens is 292 g/mol. The molecule has 3 N–H and O–H groups in total. The number of anilines is 1. The molecule has 0 heterocycles. The maximum Gasteiger partial charge on any atom is 0.313 e. The van der Waals surface area contributed by atoms with E-state index in [0.29, 0.717) is 23.0 Å². The summed E-state index contributed by atoms with van der Waals surface area (Å²) in [4.78, 5) is 23.8. The Morgan fingerprint density at radius 2 is 2.10 bits per heavy atom. The Morgan fingerprint density at radius 1 is 1.38 bits per heavy atom. The van der Waals surface area contributed by atoms with Crippen molar-refractivity contribution in [2.45, 2.75) is 32.2 Å². The van der Waals surface area contributed by atoms with Gasteiger partial charge in [-0.25, -0.2) is 0 Å². The number of benzene rings is 1. The molecule has 0 bridgehead atoms. The number of aliphatic hydroxyl groups is 1. The quantitative estimate of drug-likeness (QED) is 0.726. The highest BCUT2D eigenvalue weighted by Gasteiger charge is 2.33. The van der Waals surface area contributed by atoms with Crippen molar-refractivity contribution in [1.82, 2.24) is 5.32 Å². The molecule has 1 atom stereocenters. The second kappa shape index (κ2) is 6.91. The minimum absolute atomic E-state index is 0.00709. The third kappa shape index (κ3) is 4.44. The van der Waals surface area contributed by atoms with Crippen LogP contribution in [-0.4, -0.2) is 29.6 Å². The van der Waals surface area contributed by atoms with Crippen molar-refractivity contribution in [3.63, 3.8) is 0 Å². The molecule has 0 aliphatic heterocycles. The zero-order chi connectivity index (χ0) is 15.4. The Kier molecular flexibility index (Phi) is 5.20. The molecule has 1 saturated carbocycles. The lowest BCUT2D eigenvalue weighted by molar-refractivity contribution is -0.136. The van der Waals surface area contributed by atoms with Crippen LogP contribution in [0.1, 0.15) is 24.8 Å². The van der Waals surface area contributed by atoms with Crippen molar-refractivity contribution in [3.05, 3.63) is 28.8 Å². The van der Waals surface area contributed by atoms with Crippen LogP contribution in [0.5, 0.6) is 0 Å². The molecule has 0 saturated heterocycles. The van der Waals surface area contributed by atoms with Crippen molar-refractivity contribution >= 4 is 29.1 Å². The summed E-state index contributed by atoms with van der Waals surface area (Å²) >= 11 is 6.01. The van der Waals surface area contributed by atoms with Crippen LogP contribution in [0.25, 0.3) is 0 Å². The van der Waals surface area contributed by atoms with E-state index in [-0.39, 0.29) is 12.6 Å². The smallest absolute Gasteiger partial charge is 0.313 e. The van der Waals surface area contributed by atoms with Crippen molar-refractivity contribution < 1.29 is 14.7 Å². The lowest BCUT2D eigenvalue weighted by Crippen LogP contribution is -2.43. The Labute approximate surface area is 128 Å². The van der Waals surface area contributed by atoms with E-state index < -0.39 is 11.8 Å². The minimum Gasteiger partial charge on any atom is -0.396 e. The Bertz CT molecular complexity index is 544. The van der Waals surface area contributed by atoms with Crippen molar-refractivity contribution in [2.24, 2.45) is 5.92 Å². The van der Waals surface area contributed by atoms with Gasteiger partial charge in [-0.3, -0.25) is 9.59 Å². The normalized spacial score (nSPS) is 15.4. The second-order valence-electron chi connectivity index (χ2n) is 5.37. The number of carbonyl (C=O) groups excluding carboxylic acids is 2. The lowest BCUT2D eigenvalue weighted by Gasteiger charge is -2.17. The zero-order valence-electron chi connectivity index (χ0n) is 11.9. The average Bonchev–Trinajstić information content (AvgIpc) is 3.25. The molecule has 21 heavy (non-hydrogen) atoms. The largest absolute Gasteiger partial charge is 0.396 e. The molecule has 114 valence electrons. The first-order valence-corrected chi connectivity index (χ1v) is 7.38. The van der Waals surface area contributed by atoms with Crippen LogP contribution in [0.2, 0.25) is 5.02 Å². The minimum atomic E-state index is -0.746. The fourth-order valence-electron chi connectivity index (χ4n) is 2.20. The summed E-state index contributed by atoms with van der Waals surface area (Å²) in [6.45, 7) is 1.88. The molecule has 6 heteroatoms. The number of halogens is 1. The van der Waals surface area contributed by atoms with Crippen molar-refractivity contribution in [1.29, 1.82) is 0 Å². The molecule has 1 fully saturated rings. The van der Waals surface area contributed by atoms with E-state index in [0.717, 1.165) is 18.4 Å². The van der Waals surface area contributed by atoms with Gasteiger partial charge in [0.05, 0.1) is 10.7 Å². The number of aliphatic hydroxyl groups excluding tert-OH is 1. The highest BCUT2D eigenvalue weighted by molar-refractivity contribution is 6.41. The highest BCUT2D eigenvalue weighted by atomic mass is 35.5. The fraction of sp³-hybridized carbons (Fsp3) is 0.467. The number of rotatable bonds is 5. The molecule has 1 unspecified atom stereocenters. The van der Waals surface area contributed by atoms with Crippen LogP contribution in [0, 0.1) is 12.8 Å². The molecule has 1 aromatic carbocycles. The summed E-state index contributed by atoms with van der Waals surface area (Å²) in [7, 11) is 0. The van der Waals surface area contributed by atoms with Crippen molar-refractivity contribution in [3.8, 4) is 0 Å². The van der Waals surface area contributed by atoms with Gasteiger partial charge in [0.25, 0.3) is 0 Å². The predicted molar refractivity (Wildman–Crippen MR) is 81.2 cm³/mol. The monoisotopic (exact) mass is 310 g/mol. The van der Waals surface area contributed by atoms with E-state index in [2.05, 4.69) is 10.6 Å². The SMILES string of the molecule is Cc1ccc(NC(=O)C(=O)NC(CCO)C2CC2)c(Cl)c1. The first-order valence-electron chi connectivity index (χ1n) is 7.00. The molecule has 2 rings (SSSR count). The van der Waals surface area contributed by atoms with E-state index in [9.17, 15) is 9.59 Å². The fourth-order valence-corrected chi connectivity index (χ4v) is 2.48. The van der Waals surface area contributed by atoms with Gasteiger partial charge in [-0.1, -0.05) is 17.7 Å². The highest BCUT2D eigenvalue weighted by Crippen LogP contribution is 2.33. The molecular formula is C15H19ClN2O3. The van der Waals surface area contributed by atoms with Gasteiger partial charge in [0, 0.05) is 12.6 Å². The summed E-state index contributed by atoms with van der Waals surface area (Å²) in [6, 6.07) is 5.04. The Morgan fingerprint density at radius 3 is 2.67 bits per heavy atom. The summed E-state index contributed by atoms with van der Waals surface area (Å²) in [5.41, 5.74) is 1.38. The summed E-state index contributed by atoms with van der Waals surface area (Å²) in [5, 5.41) is 14.6. The maximum absolute atomic E-state index is 11.9. The molecule has 0 aromatic heterocycles. The molecule has 1 aromatic rings. The van der Waals surface area contributed by atoms with Gasteiger partial charge >= 0.3 is 11.8 Å². The Hall–Kier alpha value is -1.59. The summed E-state index contributed by atoms with van der Waals surface area (Å²) < 4.78 is 0. The lowest BCUT2D eigenvalue weighted by atomic mass is 10.1. The molecule has 1 aliphatic rings. The van der Waals surface area contributed by atoms with Gasteiger partial charge < -0.3 is 15.7 Å². The van der Waals surface area contributed by atoms with E-state index in [1.165, 1.54) is 0 Å². The van der Waals surface area contributed by atoms with E-state index in [4.69, 9.17) is 16.7 Å². The van der Waals surface area contributed by atoms with Crippen molar-refractivity contribution in [2.75, 3.05) is 11.9 Å². The van der Waals surface area contributed by atoms with Crippen LogP contribution >= 0.6 is 11.6 Å². The number of nitrogens with one attached hydrogen (secondary N) is 2. The zero-order valence-corrected chi connectivity index (χ0v) is 12.6. The van der Waals surface area contributed by atoms with Gasteiger partial charge in [0.2, 0.25) is 0 Å². The van der Waals surface area contributed by atoms with Crippen LogP contribution in [-0.2, 0) is 9.59 Å². The molecule has 1 aliphatic carbocycles. The van der Waals surface area contributed by atoms with E-state index in [1.54, 1.807) is 18.2 Å². The second-order valence-corrected chi connectivity index (χ2v) is 5.77. The van der Waals surface area contributed by atoms with E-state index in [1.807, 2.05) is 6.92 Å². The summed E-state index contributed by atoms with van der Waals surface area (Å²) in [5.74, 6) is -1.07. The third-order valence-electron chi connectivity index (χ3n) is 3.53. The molecule has 5 nitrogen and oxygen atoms in total.